The van der Waals surface area contributed by atoms with Crippen molar-refractivity contribution in [1.82, 2.24) is 5.32 Å². The summed E-state index contributed by atoms with van der Waals surface area (Å²) in [5.41, 5.74) is 0. The van der Waals surface area contributed by atoms with Gasteiger partial charge in [0, 0.05) is 12.6 Å². The molecule has 1 heterocycles. The van der Waals surface area contributed by atoms with Gasteiger partial charge in [-0.25, -0.2) is 8.42 Å². The fourth-order valence-electron chi connectivity index (χ4n) is 3.50. The van der Waals surface area contributed by atoms with Crippen LogP contribution >= 0.6 is 0 Å². The molecule has 0 radical (unpaired) electrons. The van der Waals surface area contributed by atoms with E-state index in [-0.39, 0.29) is 5.25 Å². The quantitative estimate of drug-likeness (QED) is 0.843. The fraction of sp³-hybridized carbons (Fsp3) is 1.00. The highest BCUT2D eigenvalue weighted by Gasteiger charge is 2.32. The van der Waals surface area contributed by atoms with Gasteiger partial charge in [0.25, 0.3) is 0 Å². The molecule has 1 aliphatic heterocycles. The summed E-state index contributed by atoms with van der Waals surface area (Å²) in [5, 5.41) is 3.39. The van der Waals surface area contributed by atoms with Crippen LogP contribution in [0.15, 0.2) is 0 Å². The zero-order valence-electron chi connectivity index (χ0n) is 11.0. The normalized spacial score (nSPS) is 41.5. The summed E-state index contributed by atoms with van der Waals surface area (Å²) >= 11 is 0. The van der Waals surface area contributed by atoms with E-state index in [2.05, 4.69) is 19.2 Å². The average Bonchev–Trinajstić information content (AvgIpc) is 2.53. The predicted molar refractivity (Wildman–Crippen MR) is 70.8 cm³/mol. The second kappa shape index (κ2) is 5.27. The molecular weight excluding hydrogens is 234 g/mol. The molecule has 0 bridgehead atoms. The van der Waals surface area contributed by atoms with E-state index >= 15 is 0 Å². The summed E-state index contributed by atoms with van der Waals surface area (Å²) in [7, 11) is -2.78. The third kappa shape index (κ3) is 3.44. The van der Waals surface area contributed by atoms with E-state index in [0.29, 0.717) is 18.3 Å². The maximum atomic E-state index is 11.7. The molecule has 17 heavy (non-hydrogen) atoms. The van der Waals surface area contributed by atoms with E-state index in [9.17, 15) is 8.42 Å². The number of hydrogen-bond donors (Lipinski definition) is 1. The smallest absolute Gasteiger partial charge is 0.154 e. The second-order valence-corrected chi connectivity index (χ2v) is 8.55. The summed E-state index contributed by atoms with van der Waals surface area (Å²) in [6, 6.07) is 0.532. The lowest BCUT2D eigenvalue weighted by atomic mass is 9.80. The number of sulfone groups is 1. The van der Waals surface area contributed by atoms with Crippen LogP contribution in [0.5, 0.6) is 0 Å². The highest BCUT2D eigenvalue weighted by molar-refractivity contribution is 7.92. The lowest BCUT2D eigenvalue weighted by Crippen LogP contribution is -2.41. The Morgan fingerprint density at radius 1 is 1.12 bits per heavy atom. The minimum Gasteiger partial charge on any atom is -0.313 e. The molecule has 1 N–H and O–H groups in total. The monoisotopic (exact) mass is 259 g/mol. The molecular formula is C13H25NO2S. The van der Waals surface area contributed by atoms with Crippen molar-refractivity contribution in [3.63, 3.8) is 0 Å². The van der Waals surface area contributed by atoms with Crippen molar-refractivity contribution in [3.05, 3.63) is 0 Å². The maximum absolute atomic E-state index is 11.7. The first-order valence-corrected chi connectivity index (χ1v) is 8.64. The molecule has 0 aromatic heterocycles. The van der Waals surface area contributed by atoms with Gasteiger partial charge in [-0.2, -0.15) is 0 Å². The van der Waals surface area contributed by atoms with Crippen molar-refractivity contribution in [3.8, 4) is 0 Å². The van der Waals surface area contributed by atoms with E-state index < -0.39 is 9.84 Å². The Morgan fingerprint density at radius 3 is 2.29 bits per heavy atom. The summed E-state index contributed by atoms with van der Waals surface area (Å²) in [6.07, 6.45) is 5.44. The lowest BCUT2D eigenvalue weighted by molar-refractivity contribution is 0.239. The number of nitrogens with one attached hydrogen (secondary N) is 1. The van der Waals surface area contributed by atoms with Crippen LogP contribution in [0.3, 0.4) is 0 Å². The van der Waals surface area contributed by atoms with E-state index in [1.54, 1.807) is 0 Å². The molecule has 1 saturated carbocycles. The van der Waals surface area contributed by atoms with Gasteiger partial charge >= 0.3 is 0 Å². The van der Waals surface area contributed by atoms with Gasteiger partial charge in [-0.3, -0.25) is 0 Å². The fourth-order valence-corrected chi connectivity index (χ4v) is 5.28. The van der Waals surface area contributed by atoms with Crippen molar-refractivity contribution in [1.29, 1.82) is 0 Å². The molecule has 3 atom stereocenters. The lowest BCUT2D eigenvalue weighted by Gasteiger charge is -2.32. The largest absolute Gasteiger partial charge is 0.313 e. The van der Waals surface area contributed by atoms with Crippen molar-refractivity contribution in [2.24, 2.45) is 11.8 Å². The molecule has 0 aromatic carbocycles. The Labute approximate surface area is 105 Å². The average molecular weight is 259 g/mol. The SMILES string of the molecule is CC1CC(C)CC(NCC2CCCS2(=O)=O)C1. The summed E-state index contributed by atoms with van der Waals surface area (Å²) < 4.78 is 23.4. The first kappa shape index (κ1) is 13.3. The minimum absolute atomic E-state index is 0.116. The van der Waals surface area contributed by atoms with Crippen molar-refractivity contribution >= 4 is 9.84 Å². The molecule has 3 unspecified atom stereocenters. The molecule has 2 aliphatic rings. The highest BCUT2D eigenvalue weighted by Crippen LogP contribution is 2.29. The summed E-state index contributed by atoms with van der Waals surface area (Å²) in [4.78, 5) is 0. The van der Waals surface area contributed by atoms with Gasteiger partial charge in [0.2, 0.25) is 0 Å². The Morgan fingerprint density at radius 2 is 1.76 bits per heavy atom. The van der Waals surface area contributed by atoms with Gasteiger partial charge in [0.05, 0.1) is 11.0 Å². The first-order valence-electron chi connectivity index (χ1n) is 6.92. The van der Waals surface area contributed by atoms with Crippen LogP contribution in [0.25, 0.3) is 0 Å². The van der Waals surface area contributed by atoms with Gasteiger partial charge in [0.1, 0.15) is 0 Å². The Bertz CT molecular complexity index is 342. The summed E-state index contributed by atoms with van der Waals surface area (Å²) in [5.74, 6) is 1.95. The molecule has 1 saturated heterocycles. The van der Waals surface area contributed by atoms with Crippen LogP contribution in [0, 0.1) is 11.8 Å². The maximum Gasteiger partial charge on any atom is 0.154 e. The molecule has 0 aromatic rings. The molecule has 0 amide bonds. The third-order valence-electron chi connectivity index (χ3n) is 4.28. The van der Waals surface area contributed by atoms with Gasteiger partial charge in [-0.1, -0.05) is 13.8 Å². The van der Waals surface area contributed by atoms with Gasteiger partial charge < -0.3 is 5.32 Å². The van der Waals surface area contributed by atoms with E-state index in [4.69, 9.17) is 0 Å². The van der Waals surface area contributed by atoms with Crippen LogP contribution in [0.4, 0.5) is 0 Å². The molecule has 1 aliphatic carbocycles. The molecule has 4 heteroatoms. The minimum atomic E-state index is -2.78. The van der Waals surface area contributed by atoms with Gasteiger partial charge in [0.15, 0.2) is 9.84 Å². The molecule has 2 fully saturated rings. The standard InChI is InChI=1S/C13H25NO2S/c1-10-6-11(2)8-12(7-10)14-9-13-4-3-5-17(13,15)16/h10-14H,3-9H2,1-2H3. The van der Waals surface area contributed by atoms with Gasteiger partial charge in [-0.05, 0) is 43.9 Å². The van der Waals surface area contributed by atoms with Crippen LogP contribution in [0.2, 0.25) is 0 Å². The van der Waals surface area contributed by atoms with Crippen molar-refractivity contribution in [2.75, 3.05) is 12.3 Å². The van der Waals surface area contributed by atoms with Crippen LogP contribution in [-0.2, 0) is 9.84 Å². The molecule has 2 rings (SSSR count). The van der Waals surface area contributed by atoms with Crippen molar-refractivity contribution in [2.45, 2.75) is 57.2 Å². The Hall–Kier alpha value is -0.0900. The topological polar surface area (TPSA) is 46.2 Å². The van der Waals surface area contributed by atoms with Gasteiger partial charge in [-0.15, -0.1) is 0 Å². The molecule has 0 spiro atoms. The van der Waals surface area contributed by atoms with Crippen molar-refractivity contribution < 1.29 is 8.42 Å². The predicted octanol–water partition coefficient (Wildman–Crippen LogP) is 1.98. The zero-order valence-corrected chi connectivity index (χ0v) is 11.8. The van der Waals surface area contributed by atoms with E-state index in [0.717, 1.165) is 24.7 Å². The van der Waals surface area contributed by atoms with E-state index in [1.165, 1.54) is 19.3 Å². The molecule has 3 nitrogen and oxygen atoms in total. The Kier molecular flexibility index (Phi) is 4.14. The first-order chi connectivity index (χ1) is 7.97. The molecule has 100 valence electrons. The Balaban J connectivity index is 1.82. The highest BCUT2D eigenvalue weighted by atomic mass is 32.2. The number of rotatable bonds is 3. The van der Waals surface area contributed by atoms with Crippen LogP contribution in [0.1, 0.15) is 46.0 Å². The van der Waals surface area contributed by atoms with Crippen LogP contribution in [-0.4, -0.2) is 32.0 Å². The van der Waals surface area contributed by atoms with E-state index in [1.807, 2.05) is 0 Å². The number of hydrogen-bond acceptors (Lipinski definition) is 3. The zero-order chi connectivity index (χ0) is 12.5. The third-order valence-corrected chi connectivity index (χ3v) is 6.55. The van der Waals surface area contributed by atoms with Crippen LogP contribution < -0.4 is 5.32 Å². The second-order valence-electron chi connectivity index (χ2n) is 6.15. The summed E-state index contributed by atoms with van der Waals surface area (Å²) in [6.45, 7) is 5.28.